The Morgan fingerprint density at radius 1 is 1.31 bits per heavy atom. The lowest BCUT2D eigenvalue weighted by Gasteiger charge is -2.33. The molecular formula is C20H27FN2O3. The summed E-state index contributed by atoms with van der Waals surface area (Å²) >= 11 is 0. The second-order valence-corrected chi connectivity index (χ2v) is 7.61. The number of amides is 2. The maximum Gasteiger partial charge on any atom is 0.407 e. The molecular weight excluding hydrogens is 335 g/mol. The molecule has 0 unspecified atom stereocenters. The minimum Gasteiger partial charge on any atom is -0.444 e. The summed E-state index contributed by atoms with van der Waals surface area (Å²) in [5, 5.41) is 2.83. The molecule has 1 aliphatic rings. The lowest BCUT2D eigenvalue weighted by molar-refractivity contribution is 0.0473. The largest absolute Gasteiger partial charge is 0.444 e. The maximum atomic E-state index is 14.3. The highest BCUT2D eigenvalue weighted by molar-refractivity contribution is 5.96. The van der Waals surface area contributed by atoms with Gasteiger partial charge in [-0.15, -0.1) is 0 Å². The Hall–Kier alpha value is -2.37. The van der Waals surface area contributed by atoms with Crippen LogP contribution in [0.5, 0.6) is 0 Å². The van der Waals surface area contributed by atoms with Gasteiger partial charge in [0.25, 0.3) is 5.91 Å². The molecule has 0 radical (unpaired) electrons. The van der Waals surface area contributed by atoms with Gasteiger partial charge in [-0.25, -0.2) is 9.18 Å². The van der Waals surface area contributed by atoms with Crippen molar-refractivity contribution in [3.05, 3.63) is 41.2 Å². The number of halogens is 1. The fourth-order valence-corrected chi connectivity index (χ4v) is 3.02. The second-order valence-electron chi connectivity index (χ2n) is 7.61. The number of benzene rings is 1. The van der Waals surface area contributed by atoms with Gasteiger partial charge in [-0.1, -0.05) is 18.7 Å². The van der Waals surface area contributed by atoms with Crippen LogP contribution in [-0.2, 0) is 4.74 Å². The molecule has 1 aromatic rings. The predicted molar refractivity (Wildman–Crippen MR) is 99.5 cm³/mol. The molecule has 1 aliphatic heterocycles. The first kappa shape index (κ1) is 19.9. The normalized spacial score (nSPS) is 15.5. The van der Waals surface area contributed by atoms with E-state index in [2.05, 4.69) is 11.9 Å². The van der Waals surface area contributed by atoms with E-state index in [9.17, 15) is 14.0 Å². The first-order valence-corrected chi connectivity index (χ1v) is 8.82. The van der Waals surface area contributed by atoms with Crippen LogP contribution in [0.2, 0.25) is 0 Å². The average molecular weight is 362 g/mol. The monoisotopic (exact) mass is 362 g/mol. The second kappa shape index (κ2) is 7.89. The maximum absolute atomic E-state index is 14.3. The van der Waals surface area contributed by atoms with Crippen molar-refractivity contribution in [2.24, 2.45) is 0 Å². The van der Waals surface area contributed by atoms with Crippen LogP contribution in [0.4, 0.5) is 9.18 Å². The van der Waals surface area contributed by atoms with Crippen LogP contribution in [-0.4, -0.2) is 41.6 Å². The third-order valence-electron chi connectivity index (χ3n) is 4.26. The minimum absolute atomic E-state index is 0.0528. The lowest BCUT2D eigenvalue weighted by Crippen LogP contribution is -2.47. The lowest BCUT2D eigenvalue weighted by atomic mass is 10.0. The topological polar surface area (TPSA) is 58.6 Å². The first-order valence-electron chi connectivity index (χ1n) is 8.82. The number of carbonyl (C=O) groups is 2. The van der Waals surface area contributed by atoms with Gasteiger partial charge in [0.15, 0.2) is 0 Å². The van der Waals surface area contributed by atoms with Crippen LogP contribution in [0, 0.1) is 12.7 Å². The van der Waals surface area contributed by atoms with Crippen LogP contribution in [0.15, 0.2) is 18.7 Å². The summed E-state index contributed by atoms with van der Waals surface area (Å²) in [7, 11) is 0. The SMILES string of the molecule is C=Cc1cc(C)c(C(=O)N2CCC(NC(=O)OC(C)(C)C)CC2)c(F)c1. The van der Waals surface area contributed by atoms with Gasteiger partial charge in [-0.05, 0) is 57.7 Å². The fourth-order valence-electron chi connectivity index (χ4n) is 3.02. The number of ether oxygens (including phenoxy) is 1. The smallest absolute Gasteiger partial charge is 0.407 e. The van der Waals surface area contributed by atoms with E-state index in [1.54, 1.807) is 24.0 Å². The van der Waals surface area contributed by atoms with Crippen molar-refractivity contribution < 1.29 is 18.7 Å². The van der Waals surface area contributed by atoms with E-state index >= 15 is 0 Å². The molecule has 2 rings (SSSR count). The average Bonchev–Trinajstić information content (AvgIpc) is 2.52. The van der Waals surface area contributed by atoms with Crippen LogP contribution in [0.1, 0.15) is 55.1 Å². The molecule has 0 atom stereocenters. The van der Waals surface area contributed by atoms with Crippen molar-refractivity contribution in [3.63, 3.8) is 0 Å². The summed E-state index contributed by atoms with van der Waals surface area (Å²) < 4.78 is 19.6. The number of nitrogens with zero attached hydrogens (tertiary/aromatic N) is 1. The van der Waals surface area contributed by atoms with Gasteiger partial charge in [-0.2, -0.15) is 0 Å². The quantitative estimate of drug-likeness (QED) is 0.887. The summed E-state index contributed by atoms with van der Waals surface area (Å²) in [5.41, 5.74) is 0.804. The van der Waals surface area contributed by atoms with E-state index in [4.69, 9.17) is 4.74 Å². The summed E-state index contributed by atoms with van der Waals surface area (Å²) in [4.78, 5) is 26.2. The Kier molecular flexibility index (Phi) is 6.05. The number of rotatable bonds is 3. The van der Waals surface area contributed by atoms with Crippen molar-refractivity contribution in [1.29, 1.82) is 0 Å². The van der Waals surface area contributed by atoms with E-state index in [0.29, 0.717) is 37.1 Å². The molecule has 26 heavy (non-hydrogen) atoms. The van der Waals surface area contributed by atoms with Crippen LogP contribution < -0.4 is 5.32 Å². The van der Waals surface area contributed by atoms with E-state index in [1.165, 1.54) is 6.07 Å². The molecule has 1 fully saturated rings. The number of nitrogens with one attached hydrogen (secondary N) is 1. The van der Waals surface area contributed by atoms with Crippen LogP contribution in [0.25, 0.3) is 6.08 Å². The minimum atomic E-state index is -0.548. The molecule has 6 heteroatoms. The summed E-state index contributed by atoms with van der Waals surface area (Å²) in [5.74, 6) is -0.842. The van der Waals surface area contributed by atoms with E-state index < -0.39 is 17.5 Å². The van der Waals surface area contributed by atoms with Crippen molar-refractivity contribution in [3.8, 4) is 0 Å². The highest BCUT2D eigenvalue weighted by Crippen LogP contribution is 2.21. The van der Waals surface area contributed by atoms with Crippen LogP contribution in [0.3, 0.4) is 0 Å². The van der Waals surface area contributed by atoms with Gasteiger partial charge in [0.2, 0.25) is 0 Å². The number of likely N-dealkylation sites (tertiary alicyclic amines) is 1. The van der Waals surface area contributed by atoms with Gasteiger partial charge in [-0.3, -0.25) is 4.79 Å². The molecule has 1 heterocycles. The van der Waals surface area contributed by atoms with Crippen molar-refractivity contribution in [2.75, 3.05) is 13.1 Å². The van der Waals surface area contributed by atoms with Crippen molar-refractivity contribution >= 4 is 18.1 Å². The number of piperidine rings is 1. The number of carbonyl (C=O) groups excluding carboxylic acids is 2. The molecule has 0 aliphatic carbocycles. The Morgan fingerprint density at radius 3 is 2.42 bits per heavy atom. The summed E-state index contributed by atoms with van der Waals surface area (Å²) in [6, 6.07) is 3.02. The summed E-state index contributed by atoms with van der Waals surface area (Å²) in [6.07, 6.45) is 2.31. The Bertz CT molecular complexity index is 678. The molecule has 0 saturated carbocycles. The van der Waals surface area contributed by atoms with Crippen molar-refractivity contribution in [2.45, 2.75) is 52.2 Å². The molecule has 1 N–H and O–H groups in total. The molecule has 0 spiro atoms. The highest BCUT2D eigenvalue weighted by atomic mass is 19.1. The Labute approximate surface area is 154 Å². The van der Waals surface area contributed by atoms with Gasteiger partial charge in [0, 0.05) is 19.1 Å². The fraction of sp³-hybridized carbons (Fsp3) is 0.500. The molecule has 142 valence electrons. The summed E-state index contributed by atoms with van der Waals surface area (Å²) in [6.45, 7) is 11.7. The zero-order chi connectivity index (χ0) is 19.5. The number of aryl methyl sites for hydroxylation is 1. The van der Waals surface area contributed by atoms with Gasteiger partial charge in [0.05, 0.1) is 5.56 Å². The van der Waals surface area contributed by atoms with E-state index in [0.717, 1.165) is 0 Å². The van der Waals surface area contributed by atoms with Gasteiger partial charge < -0.3 is 15.0 Å². The molecule has 2 amide bonds. The third-order valence-corrected chi connectivity index (χ3v) is 4.26. The van der Waals surface area contributed by atoms with Crippen LogP contribution >= 0.6 is 0 Å². The van der Waals surface area contributed by atoms with E-state index in [-0.39, 0.29) is 17.5 Å². The molecule has 5 nitrogen and oxygen atoms in total. The zero-order valence-corrected chi connectivity index (χ0v) is 15.9. The molecule has 1 saturated heterocycles. The number of hydrogen-bond acceptors (Lipinski definition) is 3. The standard InChI is InChI=1S/C20H27FN2O3/c1-6-14-11-13(2)17(16(21)12-14)18(24)23-9-7-15(8-10-23)22-19(25)26-20(3,4)5/h6,11-12,15H,1,7-10H2,2-5H3,(H,22,25). The third kappa shape index (κ3) is 5.07. The Morgan fingerprint density at radius 2 is 1.92 bits per heavy atom. The van der Waals surface area contributed by atoms with Gasteiger partial charge >= 0.3 is 6.09 Å². The number of hydrogen-bond donors (Lipinski definition) is 1. The predicted octanol–water partition coefficient (Wildman–Crippen LogP) is 3.91. The molecule has 0 aromatic heterocycles. The van der Waals surface area contributed by atoms with E-state index in [1.807, 2.05) is 20.8 Å². The zero-order valence-electron chi connectivity index (χ0n) is 15.9. The van der Waals surface area contributed by atoms with Gasteiger partial charge in [0.1, 0.15) is 11.4 Å². The molecule has 1 aromatic carbocycles. The highest BCUT2D eigenvalue weighted by Gasteiger charge is 2.28. The number of alkyl carbamates (subject to hydrolysis) is 1. The molecule has 0 bridgehead atoms. The first-order chi connectivity index (χ1) is 12.1. The van der Waals surface area contributed by atoms with Crippen molar-refractivity contribution in [1.82, 2.24) is 10.2 Å². The Balaban J connectivity index is 1.97.